The van der Waals surface area contributed by atoms with Crippen LogP contribution < -0.4 is 10.2 Å². The molecule has 1 aliphatic rings. The molecule has 1 saturated heterocycles. The summed E-state index contributed by atoms with van der Waals surface area (Å²) in [5.74, 6) is 0. The zero-order chi connectivity index (χ0) is 21.4. The first-order chi connectivity index (χ1) is 15.1. The lowest BCUT2D eigenvalue weighted by atomic mass is 10.0. The van der Waals surface area contributed by atoms with Gasteiger partial charge in [0.2, 0.25) is 0 Å². The topological polar surface area (TPSA) is 46.0 Å². The number of benzene rings is 1. The number of anilines is 1. The highest BCUT2D eigenvalue weighted by Gasteiger charge is 2.42. The second kappa shape index (κ2) is 8.24. The van der Waals surface area contributed by atoms with Gasteiger partial charge in [-0.2, -0.15) is 0 Å². The van der Waals surface area contributed by atoms with Crippen LogP contribution in [0.2, 0.25) is 0 Å². The molecule has 1 N–H and O–H groups in total. The second-order valence-corrected chi connectivity index (χ2v) is 8.69. The Morgan fingerprint density at radius 2 is 1.90 bits per heavy atom. The van der Waals surface area contributed by atoms with Crippen LogP contribution in [0.4, 0.5) is 5.69 Å². The number of aryl methyl sites for hydroxylation is 1. The minimum atomic E-state index is -0.0945. The fourth-order valence-corrected chi connectivity index (χ4v) is 4.67. The Balaban J connectivity index is 1.68. The summed E-state index contributed by atoms with van der Waals surface area (Å²) in [6.07, 6.45) is 7.54. The molecule has 5 rings (SSSR count). The van der Waals surface area contributed by atoms with Gasteiger partial charge in [0.25, 0.3) is 0 Å². The number of thiocarbonyl (C=S) groups is 1. The van der Waals surface area contributed by atoms with Gasteiger partial charge < -0.3 is 14.8 Å². The number of hydrogen-bond donors (Lipinski definition) is 1. The monoisotopic (exact) mass is 489 g/mol. The lowest BCUT2D eigenvalue weighted by Gasteiger charge is -2.29. The zero-order valence-corrected chi connectivity index (χ0v) is 19.2. The Morgan fingerprint density at radius 3 is 2.65 bits per heavy atom. The van der Waals surface area contributed by atoms with Crippen molar-refractivity contribution in [1.29, 1.82) is 0 Å². The molecule has 0 bridgehead atoms. The third kappa shape index (κ3) is 3.64. The van der Waals surface area contributed by atoms with Gasteiger partial charge >= 0.3 is 0 Å². The number of nitrogens with zero attached hydrogens (tertiary/aromatic N) is 4. The van der Waals surface area contributed by atoms with Crippen molar-refractivity contribution >= 4 is 38.9 Å². The molecule has 7 heteroatoms. The van der Waals surface area contributed by atoms with E-state index in [9.17, 15) is 0 Å². The molecule has 0 spiro atoms. The van der Waals surface area contributed by atoms with E-state index in [4.69, 9.17) is 12.2 Å². The van der Waals surface area contributed by atoms with Crippen molar-refractivity contribution in [3.05, 3.63) is 107 Å². The molecular weight excluding hydrogens is 470 g/mol. The summed E-state index contributed by atoms with van der Waals surface area (Å²) in [5, 5.41) is 4.21. The largest absolute Gasteiger partial charge is 0.351 e. The summed E-state index contributed by atoms with van der Waals surface area (Å²) in [5.41, 5.74) is 5.26. The highest BCUT2D eigenvalue weighted by atomic mass is 79.9. The van der Waals surface area contributed by atoms with Crippen molar-refractivity contribution in [2.24, 2.45) is 0 Å². The first kappa shape index (κ1) is 19.9. The maximum atomic E-state index is 5.84. The quantitative estimate of drug-likeness (QED) is 0.382. The van der Waals surface area contributed by atoms with Crippen molar-refractivity contribution in [1.82, 2.24) is 19.9 Å². The first-order valence-electron chi connectivity index (χ1n) is 9.98. The molecule has 2 atom stereocenters. The minimum absolute atomic E-state index is 0.0850. The molecule has 1 aromatic carbocycles. The van der Waals surface area contributed by atoms with Crippen LogP contribution in [-0.4, -0.2) is 19.6 Å². The smallest absolute Gasteiger partial charge is 0.174 e. The molecule has 1 aliphatic heterocycles. The lowest BCUT2D eigenvalue weighted by molar-refractivity contribution is 0.549. The van der Waals surface area contributed by atoms with Gasteiger partial charge in [-0.25, -0.2) is 0 Å². The summed E-state index contributed by atoms with van der Waals surface area (Å²) in [6, 6.07) is 20.3. The normalized spacial score (nSPS) is 18.3. The fourth-order valence-electron chi connectivity index (χ4n) is 4.08. The van der Waals surface area contributed by atoms with Gasteiger partial charge in [0, 0.05) is 34.4 Å². The third-order valence-electron chi connectivity index (χ3n) is 5.53. The average Bonchev–Trinajstić information content (AvgIpc) is 3.41. The molecule has 1 fully saturated rings. The second-order valence-electron chi connectivity index (χ2n) is 7.44. The van der Waals surface area contributed by atoms with Crippen LogP contribution in [0.25, 0.3) is 5.69 Å². The Labute approximate surface area is 194 Å². The van der Waals surface area contributed by atoms with Gasteiger partial charge in [-0.05, 0) is 79.3 Å². The molecule has 4 aromatic rings. The van der Waals surface area contributed by atoms with Crippen LogP contribution in [0.15, 0.2) is 89.9 Å². The fraction of sp³-hybridized carbons (Fsp3) is 0.125. The van der Waals surface area contributed by atoms with Gasteiger partial charge in [0.1, 0.15) is 6.04 Å². The third-order valence-corrected chi connectivity index (χ3v) is 6.73. The molecule has 4 heterocycles. The maximum absolute atomic E-state index is 5.84. The molecule has 0 aliphatic carbocycles. The van der Waals surface area contributed by atoms with Crippen molar-refractivity contribution in [3.8, 4) is 5.69 Å². The predicted molar refractivity (Wildman–Crippen MR) is 130 cm³/mol. The minimum Gasteiger partial charge on any atom is -0.351 e. The van der Waals surface area contributed by atoms with Crippen LogP contribution in [-0.2, 0) is 0 Å². The van der Waals surface area contributed by atoms with Crippen LogP contribution in [0.3, 0.4) is 0 Å². The Bertz CT molecular complexity index is 1230. The van der Waals surface area contributed by atoms with E-state index in [1.54, 1.807) is 6.20 Å². The summed E-state index contributed by atoms with van der Waals surface area (Å²) in [4.78, 5) is 11.1. The maximum Gasteiger partial charge on any atom is 0.174 e. The van der Waals surface area contributed by atoms with Crippen LogP contribution in [0.1, 0.15) is 29.0 Å². The SMILES string of the molecule is Cc1cc(N2C(=S)NC(c3ccccn3)C2c2cccn2-c2cccnc2)ccc1Br. The predicted octanol–water partition coefficient (Wildman–Crippen LogP) is 5.52. The van der Waals surface area contributed by atoms with Crippen molar-refractivity contribution in [2.75, 3.05) is 4.90 Å². The van der Waals surface area contributed by atoms with Crippen LogP contribution >= 0.6 is 28.1 Å². The van der Waals surface area contributed by atoms with E-state index in [0.717, 1.165) is 32.8 Å². The van der Waals surface area contributed by atoms with E-state index in [-0.39, 0.29) is 12.1 Å². The number of rotatable bonds is 4. The molecule has 31 heavy (non-hydrogen) atoms. The number of hydrogen-bond acceptors (Lipinski definition) is 3. The Hall–Kier alpha value is -3.03. The molecule has 0 radical (unpaired) electrons. The number of nitrogens with one attached hydrogen (secondary N) is 1. The van der Waals surface area contributed by atoms with E-state index in [1.165, 1.54) is 0 Å². The number of aromatic nitrogens is 3. The molecular formula is C24H20BrN5S. The molecule has 5 nitrogen and oxygen atoms in total. The summed E-state index contributed by atoms with van der Waals surface area (Å²) >= 11 is 9.45. The van der Waals surface area contributed by atoms with Crippen LogP contribution in [0.5, 0.6) is 0 Å². The van der Waals surface area contributed by atoms with Crippen LogP contribution in [0, 0.1) is 6.92 Å². The zero-order valence-electron chi connectivity index (χ0n) is 16.8. The van der Waals surface area contributed by atoms with Crippen molar-refractivity contribution in [2.45, 2.75) is 19.0 Å². The van der Waals surface area contributed by atoms with E-state index in [0.29, 0.717) is 5.11 Å². The molecule has 3 aromatic heterocycles. The molecule has 0 saturated carbocycles. The number of halogens is 1. The van der Waals surface area contributed by atoms with Crippen molar-refractivity contribution in [3.63, 3.8) is 0 Å². The van der Waals surface area contributed by atoms with Gasteiger partial charge in [0.05, 0.1) is 23.6 Å². The Morgan fingerprint density at radius 1 is 1.00 bits per heavy atom. The molecule has 2 unspecified atom stereocenters. The molecule has 154 valence electrons. The highest BCUT2D eigenvalue weighted by molar-refractivity contribution is 9.10. The van der Waals surface area contributed by atoms with Gasteiger partial charge in [0.15, 0.2) is 5.11 Å². The van der Waals surface area contributed by atoms with Crippen molar-refractivity contribution < 1.29 is 0 Å². The van der Waals surface area contributed by atoms with Gasteiger partial charge in [-0.1, -0.05) is 22.0 Å². The Kier molecular flexibility index (Phi) is 5.29. The summed E-state index contributed by atoms with van der Waals surface area (Å²) in [6.45, 7) is 2.09. The molecule has 0 amide bonds. The number of pyridine rings is 2. The van der Waals surface area contributed by atoms with Gasteiger partial charge in [-0.15, -0.1) is 0 Å². The lowest BCUT2D eigenvalue weighted by Crippen LogP contribution is -2.30. The van der Waals surface area contributed by atoms with E-state index in [1.807, 2.05) is 36.7 Å². The standard InChI is InChI=1S/C24H20BrN5S/c1-16-14-17(9-10-19(16)25)30-23(22(28-24(30)31)20-7-2-3-12-27-20)21-8-5-13-29(21)18-6-4-11-26-15-18/h2-15,22-23H,1H3,(H,28,31). The van der Waals surface area contributed by atoms with E-state index in [2.05, 4.69) is 90.2 Å². The highest BCUT2D eigenvalue weighted by Crippen LogP contribution is 2.42. The first-order valence-corrected chi connectivity index (χ1v) is 11.2. The summed E-state index contributed by atoms with van der Waals surface area (Å²) in [7, 11) is 0. The van der Waals surface area contributed by atoms with E-state index < -0.39 is 0 Å². The summed E-state index contributed by atoms with van der Waals surface area (Å²) < 4.78 is 3.24. The average molecular weight is 490 g/mol. The van der Waals surface area contributed by atoms with Gasteiger partial charge in [-0.3, -0.25) is 9.97 Å². The van der Waals surface area contributed by atoms with E-state index >= 15 is 0 Å².